The number of hydrogen-bond acceptors (Lipinski definition) is 3. The number of amides is 1. The average Bonchev–Trinajstić information content (AvgIpc) is 2.62. The summed E-state index contributed by atoms with van der Waals surface area (Å²) >= 11 is 5.86. The zero-order valence-corrected chi connectivity index (χ0v) is 15.8. The number of benzene rings is 2. The first-order chi connectivity index (χ1) is 12.1. The molecule has 0 saturated carbocycles. The Balaban J connectivity index is 0.00000243. The third kappa shape index (κ3) is 5.68. The monoisotopic (exact) mass is 397 g/mol. The first kappa shape index (κ1) is 20.6. The van der Waals surface area contributed by atoms with Crippen LogP contribution in [0.3, 0.4) is 0 Å². The van der Waals surface area contributed by atoms with Gasteiger partial charge in [-0.05, 0) is 35.4 Å². The van der Waals surface area contributed by atoms with Crippen molar-refractivity contribution in [1.82, 2.24) is 15.5 Å². The molecule has 1 aliphatic heterocycles. The smallest absolute Gasteiger partial charge is 0.234 e. The molecule has 0 spiro atoms. The van der Waals surface area contributed by atoms with Gasteiger partial charge >= 0.3 is 0 Å². The highest BCUT2D eigenvalue weighted by molar-refractivity contribution is 6.30. The Morgan fingerprint density at radius 2 is 2.04 bits per heavy atom. The number of hydrogen-bond donors (Lipinski definition) is 2. The second kappa shape index (κ2) is 9.88. The first-order valence-electron chi connectivity index (χ1n) is 8.33. The van der Waals surface area contributed by atoms with Gasteiger partial charge in [-0.25, -0.2) is 4.39 Å². The van der Waals surface area contributed by atoms with E-state index in [2.05, 4.69) is 15.5 Å². The molecule has 0 radical (unpaired) electrons. The van der Waals surface area contributed by atoms with Crippen LogP contribution in [-0.2, 0) is 11.3 Å². The molecule has 1 amide bonds. The number of nitrogens with zero attached hydrogens (tertiary/aromatic N) is 1. The Labute approximate surface area is 164 Å². The van der Waals surface area contributed by atoms with Crippen molar-refractivity contribution in [1.29, 1.82) is 0 Å². The molecule has 1 heterocycles. The molecule has 0 aliphatic carbocycles. The first-order valence-corrected chi connectivity index (χ1v) is 8.71. The summed E-state index contributed by atoms with van der Waals surface area (Å²) in [6.45, 7) is 3.02. The van der Waals surface area contributed by atoms with Crippen molar-refractivity contribution in [2.24, 2.45) is 0 Å². The van der Waals surface area contributed by atoms with E-state index in [4.69, 9.17) is 11.6 Å². The molecule has 1 aliphatic rings. The summed E-state index contributed by atoms with van der Waals surface area (Å²) in [4.78, 5) is 14.4. The van der Waals surface area contributed by atoms with Crippen LogP contribution in [0.2, 0.25) is 5.02 Å². The molecule has 1 saturated heterocycles. The molecular formula is C19H22Cl2FN3O. The number of nitrogens with one attached hydrogen (secondary N) is 2. The van der Waals surface area contributed by atoms with Gasteiger partial charge in [-0.3, -0.25) is 9.69 Å². The summed E-state index contributed by atoms with van der Waals surface area (Å²) in [7, 11) is 0. The molecule has 2 aromatic rings. The van der Waals surface area contributed by atoms with Crippen molar-refractivity contribution in [3.8, 4) is 0 Å². The molecule has 1 atom stereocenters. The van der Waals surface area contributed by atoms with Crippen molar-refractivity contribution in [3.05, 3.63) is 70.5 Å². The highest BCUT2D eigenvalue weighted by Gasteiger charge is 2.25. The zero-order valence-electron chi connectivity index (χ0n) is 14.3. The van der Waals surface area contributed by atoms with Crippen molar-refractivity contribution < 1.29 is 9.18 Å². The summed E-state index contributed by atoms with van der Waals surface area (Å²) in [6.07, 6.45) is 0. The lowest BCUT2D eigenvalue weighted by Gasteiger charge is -2.36. The minimum Gasteiger partial charge on any atom is -0.351 e. The van der Waals surface area contributed by atoms with Crippen molar-refractivity contribution >= 4 is 29.9 Å². The van der Waals surface area contributed by atoms with Gasteiger partial charge in [0.2, 0.25) is 5.91 Å². The van der Waals surface area contributed by atoms with Gasteiger partial charge in [0.15, 0.2) is 0 Å². The number of carbonyl (C=O) groups is 1. The maximum Gasteiger partial charge on any atom is 0.234 e. The quantitative estimate of drug-likeness (QED) is 0.814. The largest absolute Gasteiger partial charge is 0.351 e. The average molecular weight is 398 g/mol. The third-order valence-electron chi connectivity index (χ3n) is 4.34. The van der Waals surface area contributed by atoms with Crippen LogP contribution < -0.4 is 10.6 Å². The fourth-order valence-electron chi connectivity index (χ4n) is 3.02. The fraction of sp³-hybridized carbons (Fsp3) is 0.316. The second-order valence-corrected chi connectivity index (χ2v) is 6.59. The van der Waals surface area contributed by atoms with Crippen molar-refractivity contribution in [3.63, 3.8) is 0 Å². The fourth-order valence-corrected chi connectivity index (χ4v) is 3.15. The predicted molar refractivity (Wildman–Crippen MR) is 104 cm³/mol. The molecule has 4 nitrogen and oxygen atoms in total. The molecule has 0 bridgehead atoms. The maximum absolute atomic E-state index is 13.5. The highest BCUT2D eigenvalue weighted by Crippen LogP contribution is 2.22. The molecule has 2 aromatic carbocycles. The molecule has 1 fully saturated rings. The molecule has 140 valence electrons. The summed E-state index contributed by atoms with van der Waals surface area (Å²) in [5.74, 6) is -0.298. The van der Waals surface area contributed by atoms with Crippen LogP contribution in [-0.4, -0.2) is 37.0 Å². The second-order valence-electron chi connectivity index (χ2n) is 6.15. The van der Waals surface area contributed by atoms with Crippen molar-refractivity contribution in [2.45, 2.75) is 12.6 Å². The van der Waals surface area contributed by atoms with Crippen LogP contribution in [0, 0.1) is 5.82 Å². The van der Waals surface area contributed by atoms with Gasteiger partial charge in [0.25, 0.3) is 0 Å². The lowest BCUT2D eigenvalue weighted by atomic mass is 10.0. The van der Waals surface area contributed by atoms with Gasteiger partial charge < -0.3 is 10.6 Å². The Kier molecular flexibility index (Phi) is 7.85. The number of halogens is 3. The van der Waals surface area contributed by atoms with Crippen molar-refractivity contribution in [2.75, 3.05) is 26.2 Å². The molecule has 2 N–H and O–H groups in total. The summed E-state index contributed by atoms with van der Waals surface area (Å²) in [6, 6.07) is 14.0. The molecule has 7 heteroatoms. The number of carbonyl (C=O) groups excluding carboxylic acids is 1. The molecule has 26 heavy (non-hydrogen) atoms. The Morgan fingerprint density at radius 3 is 2.77 bits per heavy atom. The highest BCUT2D eigenvalue weighted by atomic mass is 35.5. The van der Waals surface area contributed by atoms with Crippen LogP contribution in [0.1, 0.15) is 17.2 Å². The summed E-state index contributed by atoms with van der Waals surface area (Å²) < 4.78 is 13.5. The van der Waals surface area contributed by atoms with Gasteiger partial charge in [-0.1, -0.05) is 35.9 Å². The van der Waals surface area contributed by atoms with Gasteiger partial charge in [0.1, 0.15) is 5.82 Å². The van der Waals surface area contributed by atoms with Crippen LogP contribution in [0.4, 0.5) is 4.39 Å². The Hall–Kier alpha value is -1.66. The van der Waals surface area contributed by atoms with E-state index in [1.165, 1.54) is 12.1 Å². The van der Waals surface area contributed by atoms with Crippen LogP contribution in [0.25, 0.3) is 0 Å². The van der Waals surface area contributed by atoms with E-state index in [9.17, 15) is 9.18 Å². The van der Waals surface area contributed by atoms with E-state index in [1.807, 2.05) is 18.2 Å². The van der Waals surface area contributed by atoms with E-state index in [1.54, 1.807) is 18.2 Å². The summed E-state index contributed by atoms with van der Waals surface area (Å²) in [5, 5.41) is 6.92. The standard InChI is InChI=1S/C19H21ClFN3O.ClH/c20-16-6-4-14(5-7-16)11-23-19(25)13-24-9-8-22-12-18(24)15-2-1-3-17(21)10-15;/h1-7,10,18,22H,8-9,11-13H2,(H,23,25);1H. The van der Waals surface area contributed by atoms with E-state index < -0.39 is 0 Å². The van der Waals surface area contributed by atoms with Crippen LogP contribution in [0.15, 0.2) is 48.5 Å². The number of rotatable bonds is 5. The molecular weight excluding hydrogens is 376 g/mol. The lowest BCUT2D eigenvalue weighted by molar-refractivity contribution is -0.123. The van der Waals surface area contributed by atoms with E-state index in [0.29, 0.717) is 18.1 Å². The third-order valence-corrected chi connectivity index (χ3v) is 4.59. The van der Waals surface area contributed by atoms with Gasteiger partial charge in [-0.15, -0.1) is 12.4 Å². The van der Waals surface area contributed by atoms with Gasteiger partial charge in [-0.2, -0.15) is 0 Å². The topological polar surface area (TPSA) is 44.4 Å². The van der Waals surface area contributed by atoms with Gasteiger partial charge in [0.05, 0.1) is 6.54 Å². The van der Waals surface area contributed by atoms with E-state index >= 15 is 0 Å². The Bertz CT molecular complexity index is 727. The lowest BCUT2D eigenvalue weighted by Crippen LogP contribution is -2.49. The normalized spacial score (nSPS) is 17.4. The zero-order chi connectivity index (χ0) is 17.6. The van der Waals surface area contributed by atoms with Crippen LogP contribution in [0.5, 0.6) is 0 Å². The molecule has 3 rings (SSSR count). The SMILES string of the molecule is Cl.O=C(CN1CCNCC1c1cccc(F)c1)NCc1ccc(Cl)cc1. The van der Waals surface area contributed by atoms with E-state index in [-0.39, 0.29) is 36.7 Å². The summed E-state index contributed by atoms with van der Waals surface area (Å²) in [5.41, 5.74) is 1.89. The maximum atomic E-state index is 13.5. The Morgan fingerprint density at radius 1 is 1.27 bits per heavy atom. The minimum atomic E-state index is -0.254. The molecule has 0 aromatic heterocycles. The number of piperazine rings is 1. The predicted octanol–water partition coefficient (Wildman–Crippen LogP) is 3.16. The van der Waals surface area contributed by atoms with Gasteiger partial charge in [0, 0.05) is 37.2 Å². The van der Waals surface area contributed by atoms with E-state index in [0.717, 1.165) is 24.2 Å². The minimum absolute atomic E-state index is 0. The molecule has 1 unspecified atom stereocenters. The van der Waals surface area contributed by atoms with Crippen LogP contribution >= 0.6 is 24.0 Å².